The van der Waals surface area contributed by atoms with Crippen molar-refractivity contribution in [3.63, 3.8) is 0 Å². The molecular formula is C20H21F5N2OS. The lowest BCUT2D eigenvalue weighted by molar-refractivity contribution is -0.0564. The highest BCUT2D eigenvalue weighted by Gasteiger charge is 2.42. The molecule has 9 heteroatoms. The van der Waals surface area contributed by atoms with Gasteiger partial charge in [0.2, 0.25) is 0 Å². The van der Waals surface area contributed by atoms with Crippen molar-refractivity contribution in [1.82, 2.24) is 4.90 Å². The number of nitrogens with zero attached hydrogens (tertiary/aromatic N) is 2. The molecule has 0 amide bonds. The average Bonchev–Trinajstić information content (AvgIpc) is 2.65. The second kappa shape index (κ2) is 9.47. The Morgan fingerprint density at radius 1 is 1.17 bits per heavy atom. The van der Waals surface area contributed by atoms with Crippen LogP contribution < -0.4 is 4.74 Å². The molecule has 0 fully saturated rings. The van der Waals surface area contributed by atoms with Crippen LogP contribution in [0.15, 0.2) is 40.2 Å². The van der Waals surface area contributed by atoms with Gasteiger partial charge in [-0.2, -0.15) is 8.78 Å². The highest BCUT2D eigenvalue weighted by Crippen LogP contribution is 2.43. The lowest BCUT2D eigenvalue weighted by atomic mass is 10.1. The highest BCUT2D eigenvalue weighted by molar-refractivity contribution is 8.00. The Morgan fingerprint density at radius 2 is 1.86 bits per heavy atom. The Bertz CT molecular complexity index is 889. The summed E-state index contributed by atoms with van der Waals surface area (Å²) in [5, 5.41) is -4.41. The van der Waals surface area contributed by atoms with Crippen LogP contribution in [0.1, 0.15) is 18.1 Å². The summed E-state index contributed by atoms with van der Waals surface area (Å²) in [5.41, 5.74) is 2.27. The van der Waals surface area contributed by atoms with Crippen molar-refractivity contribution in [3.05, 3.63) is 47.3 Å². The first-order valence-electron chi connectivity index (χ1n) is 8.71. The third-order valence-electron chi connectivity index (χ3n) is 4.02. The van der Waals surface area contributed by atoms with Gasteiger partial charge in [0.1, 0.15) is 17.3 Å². The molecule has 0 spiro atoms. The van der Waals surface area contributed by atoms with Gasteiger partial charge in [0.25, 0.3) is 0 Å². The standard InChI is InChI=1S/C20H21F5N2OS/c1-5-27(4)11-26-16-8-13(3)17(9-12(16)2)28-14-6-7-15(21)18(10-14)29-20(24,25)19(22)23/h6-11,19H,5H2,1-4H3/b26-11+. The van der Waals surface area contributed by atoms with Crippen LogP contribution in [0.5, 0.6) is 11.5 Å². The number of benzene rings is 2. The van der Waals surface area contributed by atoms with Gasteiger partial charge in [0, 0.05) is 13.6 Å². The molecule has 0 aliphatic rings. The highest BCUT2D eigenvalue weighted by atomic mass is 32.2. The zero-order chi connectivity index (χ0) is 21.8. The van der Waals surface area contributed by atoms with E-state index in [0.717, 1.165) is 35.5 Å². The maximum Gasteiger partial charge on any atom is 0.357 e. The summed E-state index contributed by atoms with van der Waals surface area (Å²) < 4.78 is 70.9. The first-order chi connectivity index (χ1) is 13.5. The van der Waals surface area contributed by atoms with E-state index in [-0.39, 0.29) is 5.75 Å². The Balaban J connectivity index is 2.27. The van der Waals surface area contributed by atoms with Gasteiger partial charge in [0.05, 0.1) is 16.9 Å². The number of hydrogen-bond donors (Lipinski definition) is 0. The molecule has 0 unspecified atom stereocenters. The Morgan fingerprint density at radius 3 is 2.48 bits per heavy atom. The summed E-state index contributed by atoms with van der Waals surface area (Å²) in [7, 11) is 1.89. The molecule has 29 heavy (non-hydrogen) atoms. The zero-order valence-corrected chi connectivity index (χ0v) is 17.2. The normalized spacial score (nSPS) is 12.1. The van der Waals surface area contributed by atoms with Gasteiger partial charge in [-0.25, -0.2) is 18.2 Å². The predicted molar refractivity (Wildman–Crippen MR) is 106 cm³/mol. The van der Waals surface area contributed by atoms with Crippen LogP contribution in [-0.2, 0) is 0 Å². The maximum atomic E-state index is 13.8. The Kier molecular flexibility index (Phi) is 7.51. The summed E-state index contributed by atoms with van der Waals surface area (Å²) in [6, 6.07) is 6.65. The Labute approximate surface area is 170 Å². The fourth-order valence-corrected chi connectivity index (χ4v) is 2.93. The number of ether oxygens (including phenoxy) is 1. The first-order valence-corrected chi connectivity index (χ1v) is 9.53. The van der Waals surface area contributed by atoms with Gasteiger partial charge in [-0.3, -0.25) is 0 Å². The van der Waals surface area contributed by atoms with Gasteiger partial charge in [-0.05, 0) is 74.0 Å². The molecule has 0 bridgehead atoms. The molecule has 0 aromatic heterocycles. The quantitative estimate of drug-likeness (QED) is 0.199. The van der Waals surface area contributed by atoms with Crippen LogP contribution in [-0.4, -0.2) is 36.5 Å². The number of halogens is 5. The summed E-state index contributed by atoms with van der Waals surface area (Å²) in [6.45, 7) is 6.41. The number of aliphatic imine (C=N–C) groups is 1. The molecule has 0 saturated carbocycles. The molecule has 2 rings (SSSR count). The van der Waals surface area contributed by atoms with E-state index in [1.165, 1.54) is 6.07 Å². The molecule has 0 atom stereocenters. The fraction of sp³-hybridized carbons (Fsp3) is 0.350. The van der Waals surface area contributed by atoms with Crippen molar-refractivity contribution in [3.8, 4) is 11.5 Å². The van der Waals surface area contributed by atoms with Crippen molar-refractivity contribution in [2.45, 2.75) is 37.3 Å². The molecule has 0 saturated heterocycles. The van der Waals surface area contributed by atoms with Gasteiger partial charge in [-0.1, -0.05) is 0 Å². The van der Waals surface area contributed by atoms with Crippen LogP contribution in [0.3, 0.4) is 0 Å². The molecule has 3 nitrogen and oxygen atoms in total. The minimum absolute atomic E-state index is 0.0587. The second-order valence-electron chi connectivity index (χ2n) is 6.38. The summed E-state index contributed by atoms with van der Waals surface area (Å²) in [6.07, 6.45) is -2.21. The summed E-state index contributed by atoms with van der Waals surface area (Å²) in [4.78, 5) is 5.70. The lowest BCUT2D eigenvalue weighted by Gasteiger charge is -2.16. The number of hydrogen-bond acceptors (Lipinski definition) is 3. The maximum absolute atomic E-state index is 13.8. The molecule has 0 heterocycles. The van der Waals surface area contributed by atoms with Crippen molar-refractivity contribution in [2.75, 3.05) is 13.6 Å². The van der Waals surface area contributed by atoms with Crippen molar-refractivity contribution in [2.24, 2.45) is 4.99 Å². The molecular weight excluding hydrogens is 411 g/mol. The van der Waals surface area contributed by atoms with Crippen LogP contribution in [0.2, 0.25) is 0 Å². The molecule has 158 valence electrons. The lowest BCUT2D eigenvalue weighted by Crippen LogP contribution is -2.21. The fourth-order valence-electron chi connectivity index (χ4n) is 2.21. The van der Waals surface area contributed by atoms with E-state index in [9.17, 15) is 22.0 Å². The summed E-state index contributed by atoms with van der Waals surface area (Å²) in [5.74, 6) is -0.544. The van der Waals surface area contributed by atoms with Crippen LogP contribution in [0.25, 0.3) is 0 Å². The molecule has 0 aliphatic carbocycles. The van der Waals surface area contributed by atoms with Crippen LogP contribution in [0, 0.1) is 19.7 Å². The molecule has 2 aromatic carbocycles. The van der Waals surface area contributed by atoms with Gasteiger partial charge in [0.15, 0.2) is 0 Å². The average molecular weight is 432 g/mol. The van der Waals surface area contributed by atoms with Crippen molar-refractivity contribution < 1.29 is 26.7 Å². The van der Waals surface area contributed by atoms with Gasteiger partial charge >= 0.3 is 11.7 Å². The zero-order valence-electron chi connectivity index (χ0n) is 16.3. The predicted octanol–water partition coefficient (Wildman–Crippen LogP) is 6.80. The number of alkyl halides is 4. The largest absolute Gasteiger partial charge is 0.457 e. The van der Waals surface area contributed by atoms with E-state index in [2.05, 4.69) is 4.99 Å². The second-order valence-corrected chi connectivity index (χ2v) is 7.57. The minimum Gasteiger partial charge on any atom is -0.457 e. The monoisotopic (exact) mass is 432 g/mol. The van der Waals surface area contributed by atoms with Crippen molar-refractivity contribution >= 4 is 23.8 Å². The third-order valence-corrected chi connectivity index (χ3v) is 5.00. The minimum atomic E-state index is -4.41. The van der Waals surface area contributed by atoms with Gasteiger partial charge < -0.3 is 9.64 Å². The van der Waals surface area contributed by atoms with E-state index < -0.39 is 34.2 Å². The van der Waals surface area contributed by atoms with E-state index >= 15 is 0 Å². The SMILES string of the molecule is CCN(C)/C=N/c1cc(C)c(Oc2ccc(F)c(SC(F)(F)C(F)F)c2)cc1C. The summed E-state index contributed by atoms with van der Waals surface area (Å²) >= 11 is -0.536. The number of thioether (sulfide) groups is 1. The van der Waals surface area contributed by atoms with Crippen LogP contribution in [0.4, 0.5) is 27.6 Å². The van der Waals surface area contributed by atoms with E-state index in [4.69, 9.17) is 4.74 Å². The van der Waals surface area contributed by atoms with Gasteiger partial charge in [-0.15, -0.1) is 0 Å². The topological polar surface area (TPSA) is 24.8 Å². The van der Waals surface area contributed by atoms with E-state index in [1.807, 2.05) is 25.8 Å². The van der Waals surface area contributed by atoms with Crippen LogP contribution >= 0.6 is 11.8 Å². The van der Waals surface area contributed by atoms with E-state index in [1.54, 1.807) is 25.4 Å². The Hall–Kier alpha value is -2.29. The smallest absolute Gasteiger partial charge is 0.357 e. The molecule has 0 N–H and O–H groups in total. The molecule has 0 radical (unpaired) electrons. The number of rotatable bonds is 8. The first kappa shape index (κ1) is 23.0. The van der Waals surface area contributed by atoms with E-state index in [0.29, 0.717) is 5.75 Å². The van der Waals surface area contributed by atoms with Crippen molar-refractivity contribution in [1.29, 1.82) is 0 Å². The number of aryl methyl sites for hydroxylation is 2. The molecule has 2 aromatic rings. The molecule has 0 aliphatic heterocycles. The third kappa shape index (κ3) is 6.09.